The second kappa shape index (κ2) is 9.46. The van der Waals surface area contributed by atoms with E-state index >= 15 is 0 Å². The van der Waals surface area contributed by atoms with Crippen LogP contribution in [0.4, 0.5) is 14.6 Å². The Hall–Kier alpha value is -3.02. The van der Waals surface area contributed by atoms with E-state index < -0.39 is 33.0 Å². The van der Waals surface area contributed by atoms with Crippen molar-refractivity contribution in [2.75, 3.05) is 37.0 Å². The second-order valence-electron chi connectivity index (χ2n) is 7.77. The second-order valence-corrected chi connectivity index (χ2v) is 9.50. The van der Waals surface area contributed by atoms with E-state index in [-0.39, 0.29) is 24.2 Å². The van der Waals surface area contributed by atoms with Gasteiger partial charge in [0.15, 0.2) is 17.4 Å². The third kappa shape index (κ3) is 5.49. The molecule has 2 heterocycles. The fourth-order valence-corrected chi connectivity index (χ4v) is 4.22. The zero-order chi connectivity index (χ0) is 23.6. The van der Waals surface area contributed by atoms with Crippen LogP contribution in [0.5, 0.6) is 0 Å². The number of halogens is 2. The number of carbonyl (C=O) groups excluding carboxylic acids is 1. The molecule has 4 rings (SSSR count). The highest BCUT2D eigenvalue weighted by molar-refractivity contribution is 7.89. The first-order valence-corrected chi connectivity index (χ1v) is 12.1. The van der Waals surface area contributed by atoms with Crippen molar-refractivity contribution in [3.8, 4) is 0 Å². The number of aryl methyl sites for hydroxylation is 1. The summed E-state index contributed by atoms with van der Waals surface area (Å²) in [5.74, 6) is -2.81. The van der Waals surface area contributed by atoms with Crippen LogP contribution in [0.1, 0.15) is 27.9 Å². The van der Waals surface area contributed by atoms with Crippen LogP contribution >= 0.6 is 0 Å². The normalized spacial score (nSPS) is 14.6. The number of ketones is 1. The Morgan fingerprint density at radius 2 is 1.88 bits per heavy atom. The Balaban J connectivity index is 1.63. The number of aromatic nitrogens is 2. The number of primary sulfonamides is 1. The number of anilines is 1. The number of rotatable bonds is 7. The van der Waals surface area contributed by atoms with Crippen molar-refractivity contribution >= 4 is 32.7 Å². The predicted octanol–water partition coefficient (Wildman–Crippen LogP) is 2.20. The summed E-state index contributed by atoms with van der Waals surface area (Å²) >= 11 is 0. The minimum Gasteiger partial charge on any atom is -0.378 e. The molecule has 11 heteroatoms. The summed E-state index contributed by atoms with van der Waals surface area (Å²) < 4.78 is 56.2. The van der Waals surface area contributed by atoms with Gasteiger partial charge in [-0.05, 0) is 48.7 Å². The number of sulfonamides is 1. The lowest BCUT2D eigenvalue weighted by Gasteiger charge is -2.27. The van der Waals surface area contributed by atoms with Gasteiger partial charge in [0.1, 0.15) is 5.82 Å². The number of nitrogens with two attached hydrogens (primary N) is 1. The van der Waals surface area contributed by atoms with Crippen molar-refractivity contribution in [3.05, 3.63) is 64.9 Å². The zero-order valence-corrected chi connectivity index (χ0v) is 18.4. The summed E-state index contributed by atoms with van der Waals surface area (Å²) in [4.78, 5) is 24.0. The summed E-state index contributed by atoms with van der Waals surface area (Å²) in [6.45, 7) is 2.50. The lowest BCUT2D eigenvalue weighted by molar-refractivity contribution is 0.103. The number of nitrogens with zero attached hydrogens (tertiary/aromatic N) is 3. The number of benzene rings is 2. The number of hydrogen-bond acceptors (Lipinski definition) is 7. The summed E-state index contributed by atoms with van der Waals surface area (Å²) in [6.07, 6.45) is 1.89. The fraction of sp³-hybridized carbons (Fsp3) is 0.318. The molecule has 33 heavy (non-hydrogen) atoms. The Kier molecular flexibility index (Phi) is 6.63. The smallest absolute Gasteiger partial charge is 0.209 e. The monoisotopic (exact) mass is 476 g/mol. The molecule has 0 unspecified atom stereocenters. The highest BCUT2D eigenvalue weighted by atomic mass is 32.2. The van der Waals surface area contributed by atoms with Gasteiger partial charge in [0.05, 0.1) is 41.8 Å². The van der Waals surface area contributed by atoms with Gasteiger partial charge in [-0.2, -0.15) is 0 Å². The molecular formula is C22H22F2N4O4S. The number of fused-ring (bicyclic) bond motifs is 1. The molecule has 1 fully saturated rings. The van der Waals surface area contributed by atoms with Crippen molar-refractivity contribution in [1.82, 2.24) is 9.97 Å². The average Bonchev–Trinajstić information content (AvgIpc) is 2.80. The summed E-state index contributed by atoms with van der Waals surface area (Å²) in [5, 5.41) is 4.98. The standard InChI is InChI=1S/C22H22F2N4O4S/c23-17-11-14(2-1-9-33(25,30)31)10-16(21(17)24)22(29)15-3-4-18-19(12-15)27-20(13-26-18)28-5-7-32-8-6-28/h3-4,10-13H,1-2,5-9H2,(H2,25,30,31). The highest BCUT2D eigenvalue weighted by Gasteiger charge is 2.20. The van der Waals surface area contributed by atoms with Crippen LogP contribution in [-0.2, 0) is 21.2 Å². The van der Waals surface area contributed by atoms with Gasteiger partial charge in [-0.1, -0.05) is 0 Å². The van der Waals surface area contributed by atoms with Crippen molar-refractivity contribution in [1.29, 1.82) is 0 Å². The van der Waals surface area contributed by atoms with E-state index in [1.54, 1.807) is 12.3 Å². The van der Waals surface area contributed by atoms with Crippen LogP contribution in [0.3, 0.4) is 0 Å². The fourth-order valence-electron chi connectivity index (χ4n) is 3.68. The Labute approximate surface area is 189 Å². The van der Waals surface area contributed by atoms with Crippen LogP contribution in [0.15, 0.2) is 36.5 Å². The molecule has 1 aliphatic rings. The molecule has 1 aromatic heterocycles. The molecule has 0 amide bonds. The van der Waals surface area contributed by atoms with E-state index in [1.165, 1.54) is 18.2 Å². The van der Waals surface area contributed by atoms with Crippen molar-refractivity contribution in [3.63, 3.8) is 0 Å². The van der Waals surface area contributed by atoms with Gasteiger partial charge >= 0.3 is 0 Å². The first-order chi connectivity index (χ1) is 15.7. The molecule has 0 spiro atoms. The van der Waals surface area contributed by atoms with E-state index in [2.05, 4.69) is 9.97 Å². The minimum atomic E-state index is -3.67. The summed E-state index contributed by atoms with van der Waals surface area (Å²) in [5.41, 5.74) is 1.02. The van der Waals surface area contributed by atoms with Gasteiger partial charge in [-0.3, -0.25) is 9.78 Å². The van der Waals surface area contributed by atoms with Crippen LogP contribution in [0, 0.1) is 11.6 Å². The molecule has 8 nitrogen and oxygen atoms in total. The highest BCUT2D eigenvalue weighted by Crippen LogP contribution is 2.23. The van der Waals surface area contributed by atoms with E-state index in [9.17, 15) is 22.0 Å². The van der Waals surface area contributed by atoms with Crippen LogP contribution in [-0.4, -0.2) is 56.2 Å². The third-order valence-corrected chi connectivity index (χ3v) is 6.21. The van der Waals surface area contributed by atoms with Crippen LogP contribution in [0.2, 0.25) is 0 Å². The largest absolute Gasteiger partial charge is 0.378 e. The number of morpholine rings is 1. The average molecular weight is 477 g/mol. The molecule has 2 N–H and O–H groups in total. The zero-order valence-electron chi connectivity index (χ0n) is 17.6. The first-order valence-electron chi connectivity index (χ1n) is 10.3. The first kappa shape index (κ1) is 23.1. The molecule has 0 aliphatic carbocycles. The van der Waals surface area contributed by atoms with Gasteiger partial charge in [-0.25, -0.2) is 27.3 Å². The van der Waals surface area contributed by atoms with Crippen LogP contribution in [0.25, 0.3) is 11.0 Å². The van der Waals surface area contributed by atoms with E-state index in [0.717, 1.165) is 6.07 Å². The van der Waals surface area contributed by atoms with Crippen molar-refractivity contribution in [2.45, 2.75) is 12.8 Å². The molecule has 0 bridgehead atoms. The molecule has 0 radical (unpaired) electrons. The van der Waals surface area contributed by atoms with Crippen molar-refractivity contribution in [2.24, 2.45) is 5.14 Å². The Bertz CT molecular complexity index is 1310. The van der Waals surface area contributed by atoms with Gasteiger partial charge in [-0.15, -0.1) is 0 Å². The topological polar surface area (TPSA) is 115 Å². The minimum absolute atomic E-state index is 0.118. The Morgan fingerprint density at radius 1 is 1.12 bits per heavy atom. The summed E-state index contributed by atoms with van der Waals surface area (Å²) in [7, 11) is -3.67. The van der Waals surface area contributed by atoms with E-state index in [0.29, 0.717) is 48.7 Å². The molecule has 3 aromatic rings. The van der Waals surface area contributed by atoms with E-state index in [4.69, 9.17) is 9.88 Å². The predicted molar refractivity (Wildman–Crippen MR) is 119 cm³/mol. The number of carbonyl (C=O) groups is 1. The quantitative estimate of drug-likeness (QED) is 0.520. The van der Waals surface area contributed by atoms with Gasteiger partial charge in [0.2, 0.25) is 10.0 Å². The summed E-state index contributed by atoms with van der Waals surface area (Å²) in [6, 6.07) is 6.78. The number of hydrogen-bond donors (Lipinski definition) is 1. The molecule has 0 saturated carbocycles. The molecule has 2 aromatic carbocycles. The van der Waals surface area contributed by atoms with Gasteiger partial charge in [0.25, 0.3) is 0 Å². The van der Waals surface area contributed by atoms with Gasteiger partial charge < -0.3 is 9.64 Å². The Morgan fingerprint density at radius 3 is 2.61 bits per heavy atom. The lowest BCUT2D eigenvalue weighted by Crippen LogP contribution is -2.36. The molecule has 1 saturated heterocycles. The lowest BCUT2D eigenvalue weighted by atomic mass is 9.98. The SMILES string of the molecule is NS(=O)(=O)CCCc1cc(F)c(F)c(C(=O)c2ccc3ncc(N4CCOCC4)nc3c2)c1. The molecule has 0 atom stereocenters. The molecule has 1 aliphatic heterocycles. The van der Waals surface area contributed by atoms with E-state index in [1.807, 2.05) is 4.90 Å². The maximum absolute atomic E-state index is 14.5. The molecular weight excluding hydrogens is 454 g/mol. The number of ether oxygens (including phenoxy) is 1. The van der Waals surface area contributed by atoms with Crippen LogP contribution < -0.4 is 10.0 Å². The third-order valence-electron chi connectivity index (χ3n) is 5.35. The maximum atomic E-state index is 14.5. The van der Waals surface area contributed by atoms with Gasteiger partial charge in [0, 0.05) is 18.7 Å². The molecule has 174 valence electrons. The van der Waals surface area contributed by atoms with Crippen molar-refractivity contribution < 1.29 is 26.7 Å². The maximum Gasteiger partial charge on any atom is 0.209 e.